The number of ketones is 1. The fourth-order valence-corrected chi connectivity index (χ4v) is 1.62. The summed E-state index contributed by atoms with van der Waals surface area (Å²) in [6.07, 6.45) is 0.519. The second-order valence-electron chi connectivity index (χ2n) is 2.62. The van der Waals surface area contributed by atoms with Gasteiger partial charge in [-0.25, -0.2) is 0 Å². The van der Waals surface area contributed by atoms with Crippen molar-refractivity contribution in [2.45, 2.75) is 13.3 Å². The maximum Gasteiger partial charge on any atom is 0.163 e. The Hall–Kier alpha value is -0.830. The van der Waals surface area contributed by atoms with E-state index >= 15 is 0 Å². The maximum absolute atomic E-state index is 11.4. The van der Waals surface area contributed by atoms with Gasteiger partial charge in [0.1, 0.15) is 5.75 Å². The zero-order valence-corrected chi connectivity index (χ0v) is 9.22. The SMILES string of the molecule is CCC(=O)c1ccc(OC)cc1Br. The number of hydrogen-bond donors (Lipinski definition) is 0. The van der Waals surface area contributed by atoms with Crippen molar-refractivity contribution in [1.82, 2.24) is 0 Å². The molecule has 0 amide bonds. The van der Waals surface area contributed by atoms with Gasteiger partial charge < -0.3 is 4.74 Å². The molecule has 0 saturated carbocycles. The number of carbonyl (C=O) groups is 1. The minimum absolute atomic E-state index is 0.134. The topological polar surface area (TPSA) is 26.3 Å². The summed E-state index contributed by atoms with van der Waals surface area (Å²) < 4.78 is 5.81. The van der Waals surface area contributed by atoms with E-state index in [0.29, 0.717) is 12.0 Å². The molecule has 70 valence electrons. The molecule has 0 aliphatic carbocycles. The Labute approximate surface area is 86.0 Å². The number of halogens is 1. The summed E-state index contributed by atoms with van der Waals surface area (Å²) in [6, 6.07) is 5.35. The van der Waals surface area contributed by atoms with E-state index in [9.17, 15) is 4.79 Å². The average Bonchev–Trinajstić information content (AvgIpc) is 2.16. The van der Waals surface area contributed by atoms with Crippen LogP contribution in [-0.2, 0) is 0 Å². The van der Waals surface area contributed by atoms with E-state index < -0.39 is 0 Å². The van der Waals surface area contributed by atoms with Gasteiger partial charge in [-0.1, -0.05) is 6.92 Å². The van der Waals surface area contributed by atoms with E-state index in [1.165, 1.54) is 0 Å². The number of methoxy groups -OCH3 is 1. The summed E-state index contributed by atoms with van der Waals surface area (Å²) in [4.78, 5) is 11.4. The first-order chi connectivity index (χ1) is 6.19. The van der Waals surface area contributed by atoms with E-state index in [2.05, 4.69) is 15.9 Å². The number of benzene rings is 1. The molecular weight excluding hydrogens is 232 g/mol. The first-order valence-corrected chi connectivity index (χ1v) is 4.85. The largest absolute Gasteiger partial charge is 0.497 e. The van der Waals surface area contributed by atoms with Gasteiger partial charge in [0.25, 0.3) is 0 Å². The number of rotatable bonds is 3. The molecule has 0 unspecified atom stereocenters. The van der Waals surface area contributed by atoms with Crippen LogP contribution in [0, 0.1) is 0 Å². The van der Waals surface area contributed by atoms with Gasteiger partial charge in [-0.05, 0) is 34.1 Å². The number of ether oxygens (including phenoxy) is 1. The highest BCUT2D eigenvalue weighted by Crippen LogP contribution is 2.23. The molecule has 0 atom stereocenters. The third kappa shape index (κ3) is 2.31. The van der Waals surface area contributed by atoms with Crippen molar-refractivity contribution < 1.29 is 9.53 Å². The van der Waals surface area contributed by atoms with Crippen molar-refractivity contribution >= 4 is 21.7 Å². The molecule has 0 aliphatic rings. The Bertz CT molecular complexity index is 321. The predicted molar refractivity (Wildman–Crippen MR) is 55.3 cm³/mol. The molecule has 0 spiro atoms. The molecule has 0 heterocycles. The molecule has 1 aromatic carbocycles. The molecule has 1 aromatic rings. The summed E-state index contributed by atoms with van der Waals surface area (Å²) in [6.45, 7) is 1.85. The van der Waals surface area contributed by atoms with Crippen LogP contribution < -0.4 is 4.74 Å². The van der Waals surface area contributed by atoms with Gasteiger partial charge in [0.05, 0.1) is 7.11 Å². The first kappa shape index (κ1) is 10.3. The second kappa shape index (κ2) is 4.42. The molecule has 0 radical (unpaired) electrons. The highest BCUT2D eigenvalue weighted by atomic mass is 79.9. The summed E-state index contributed by atoms with van der Waals surface area (Å²) in [5, 5.41) is 0. The number of hydrogen-bond acceptors (Lipinski definition) is 2. The Morgan fingerprint density at radius 2 is 2.23 bits per heavy atom. The lowest BCUT2D eigenvalue weighted by molar-refractivity contribution is 0.0987. The van der Waals surface area contributed by atoms with Crippen molar-refractivity contribution in [3.63, 3.8) is 0 Å². The van der Waals surface area contributed by atoms with E-state index in [1.54, 1.807) is 25.3 Å². The predicted octanol–water partition coefficient (Wildman–Crippen LogP) is 3.05. The highest BCUT2D eigenvalue weighted by molar-refractivity contribution is 9.10. The second-order valence-corrected chi connectivity index (χ2v) is 3.48. The molecule has 0 fully saturated rings. The van der Waals surface area contributed by atoms with Crippen LogP contribution in [0.25, 0.3) is 0 Å². The summed E-state index contributed by atoms with van der Waals surface area (Å²) in [5.74, 6) is 0.883. The monoisotopic (exact) mass is 242 g/mol. The van der Waals surface area contributed by atoms with Crippen LogP contribution in [0.4, 0.5) is 0 Å². The minimum Gasteiger partial charge on any atom is -0.497 e. The molecule has 0 aromatic heterocycles. The highest BCUT2D eigenvalue weighted by Gasteiger charge is 2.07. The molecular formula is C10H11BrO2. The quantitative estimate of drug-likeness (QED) is 0.762. The van der Waals surface area contributed by atoms with Crippen LogP contribution in [0.2, 0.25) is 0 Å². The maximum atomic E-state index is 11.4. The van der Waals surface area contributed by atoms with Crippen LogP contribution in [0.1, 0.15) is 23.7 Å². The van der Waals surface area contributed by atoms with E-state index in [1.807, 2.05) is 6.92 Å². The van der Waals surface area contributed by atoms with Crippen molar-refractivity contribution in [3.05, 3.63) is 28.2 Å². The van der Waals surface area contributed by atoms with E-state index in [0.717, 1.165) is 10.2 Å². The third-order valence-corrected chi connectivity index (χ3v) is 2.45. The third-order valence-electron chi connectivity index (χ3n) is 1.80. The molecule has 0 N–H and O–H groups in total. The molecule has 1 rings (SSSR count). The van der Waals surface area contributed by atoms with Crippen molar-refractivity contribution in [3.8, 4) is 5.75 Å². The Morgan fingerprint density at radius 3 is 2.69 bits per heavy atom. The Balaban J connectivity index is 3.05. The van der Waals surface area contributed by atoms with Gasteiger partial charge in [-0.3, -0.25) is 4.79 Å². The van der Waals surface area contributed by atoms with Crippen molar-refractivity contribution in [1.29, 1.82) is 0 Å². The van der Waals surface area contributed by atoms with E-state index in [4.69, 9.17) is 4.74 Å². The van der Waals surface area contributed by atoms with Gasteiger partial charge in [0.15, 0.2) is 5.78 Å². The normalized spacial score (nSPS) is 9.77. The Kier molecular flexibility index (Phi) is 3.48. The van der Waals surface area contributed by atoms with Crippen LogP contribution in [0.5, 0.6) is 5.75 Å². The lowest BCUT2D eigenvalue weighted by Gasteiger charge is -2.04. The van der Waals surface area contributed by atoms with Crippen LogP contribution in [-0.4, -0.2) is 12.9 Å². The van der Waals surface area contributed by atoms with Crippen LogP contribution in [0.15, 0.2) is 22.7 Å². The lowest BCUT2D eigenvalue weighted by atomic mass is 10.1. The molecule has 13 heavy (non-hydrogen) atoms. The summed E-state index contributed by atoms with van der Waals surface area (Å²) in [5.41, 5.74) is 0.711. The Morgan fingerprint density at radius 1 is 1.54 bits per heavy atom. The number of Topliss-reactive ketones (excluding diaryl/α,β-unsaturated/α-hetero) is 1. The average molecular weight is 243 g/mol. The summed E-state index contributed by atoms with van der Waals surface area (Å²) >= 11 is 3.33. The smallest absolute Gasteiger partial charge is 0.163 e. The molecule has 0 bridgehead atoms. The van der Waals surface area contributed by atoms with Crippen LogP contribution in [0.3, 0.4) is 0 Å². The molecule has 0 saturated heterocycles. The van der Waals surface area contributed by atoms with Crippen molar-refractivity contribution in [2.75, 3.05) is 7.11 Å². The van der Waals surface area contributed by atoms with Gasteiger partial charge in [0.2, 0.25) is 0 Å². The first-order valence-electron chi connectivity index (χ1n) is 4.05. The zero-order valence-electron chi connectivity index (χ0n) is 7.63. The van der Waals surface area contributed by atoms with Gasteiger partial charge in [-0.15, -0.1) is 0 Å². The van der Waals surface area contributed by atoms with Gasteiger partial charge in [-0.2, -0.15) is 0 Å². The summed E-state index contributed by atoms with van der Waals surface area (Å²) in [7, 11) is 1.60. The van der Waals surface area contributed by atoms with E-state index in [-0.39, 0.29) is 5.78 Å². The minimum atomic E-state index is 0.134. The number of carbonyl (C=O) groups excluding carboxylic acids is 1. The standard InChI is InChI=1S/C10H11BrO2/c1-3-10(12)8-5-4-7(13-2)6-9(8)11/h4-6H,3H2,1-2H3. The van der Waals surface area contributed by atoms with Crippen molar-refractivity contribution in [2.24, 2.45) is 0 Å². The molecule has 0 aliphatic heterocycles. The fourth-order valence-electron chi connectivity index (χ4n) is 1.04. The van der Waals surface area contributed by atoms with Crippen LogP contribution >= 0.6 is 15.9 Å². The fraction of sp³-hybridized carbons (Fsp3) is 0.300. The molecule has 2 nitrogen and oxygen atoms in total. The van der Waals surface area contributed by atoms with Gasteiger partial charge >= 0.3 is 0 Å². The lowest BCUT2D eigenvalue weighted by Crippen LogP contribution is -1.97. The van der Waals surface area contributed by atoms with Gasteiger partial charge in [0, 0.05) is 16.5 Å². The zero-order chi connectivity index (χ0) is 9.84. The molecule has 3 heteroatoms.